The second kappa shape index (κ2) is 8.53. The van der Waals surface area contributed by atoms with Gasteiger partial charge in [-0.2, -0.15) is 0 Å². The van der Waals surface area contributed by atoms with Gasteiger partial charge in [0.2, 0.25) is 0 Å². The molecule has 0 fully saturated rings. The van der Waals surface area contributed by atoms with E-state index in [9.17, 15) is 9.59 Å². The number of rotatable bonds is 5. The molecule has 0 saturated heterocycles. The second-order valence-electron chi connectivity index (χ2n) is 4.56. The predicted octanol–water partition coefficient (Wildman–Crippen LogP) is 3.36. The number of hydrogen-bond acceptors (Lipinski definition) is 5. The van der Waals surface area contributed by atoms with E-state index in [0.717, 1.165) is 23.3 Å². The van der Waals surface area contributed by atoms with Gasteiger partial charge in [-0.15, -0.1) is 12.6 Å². The van der Waals surface area contributed by atoms with E-state index in [1.807, 2.05) is 24.3 Å². The summed E-state index contributed by atoms with van der Waals surface area (Å²) in [5.41, 5.74) is 1.42. The highest BCUT2D eigenvalue weighted by molar-refractivity contribution is 7.84. The lowest BCUT2D eigenvalue weighted by Gasteiger charge is -2.06. The van der Waals surface area contributed by atoms with Crippen molar-refractivity contribution in [3.8, 4) is 0 Å². The maximum atomic E-state index is 12.1. The van der Waals surface area contributed by atoms with Crippen LogP contribution in [0.15, 0.2) is 39.9 Å². The van der Waals surface area contributed by atoms with E-state index in [0.29, 0.717) is 18.6 Å². The summed E-state index contributed by atoms with van der Waals surface area (Å²) in [5, 5.41) is 3.65. The quantitative estimate of drug-likeness (QED) is 0.366. The summed E-state index contributed by atoms with van der Waals surface area (Å²) in [4.78, 5) is 28.1. The number of hydrogen-bond donors (Lipinski definition) is 1. The van der Waals surface area contributed by atoms with Crippen LogP contribution in [0.5, 0.6) is 0 Å². The van der Waals surface area contributed by atoms with Gasteiger partial charge in [-0.1, -0.05) is 23.4 Å². The molecule has 1 rings (SSSR count). The van der Waals surface area contributed by atoms with Gasteiger partial charge in [-0.3, -0.25) is 4.79 Å². The Balaban J connectivity index is 2.54. The van der Waals surface area contributed by atoms with Gasteiger partial charge in [-0.25, -0.2) is 4.79 Å². The van der Waals surface area contributed by atoms with Crippen LogP contribution in [0.25, 0.3) is 0 Å². The average molecular weight is 293 g/mol. The van der Waals surface area contributed by atoms with Gasteiger partial charge >= 0.3 is 5.97 Å². The van der Waals surface area contributed by atoms with Crippen molar-refractivity contribution in [2.75, 3.05) is 0 Å². The van der Waals surface area contributed by atoms with Crippen LogP contribution >= 0.6 is 12.6 Å². The average Bonchev–Trinajstić information content (AvgIpc) is 2.38. The zero-order valence-corrected chi connectivity index (χ0v) is 12.7. The minimum Gasteiger partial charge on any atom is -0.319 e. The van der Waals surface area contributed by atoms with Gasteiger partial charge in [0.05, 0.1) is 5.71 Å². The Morgan fingerprint density at radius 2 is 2.05 bits per heavy atom. The van der Waals surface area contributed by atoms with E-state index < -0.39 is 5.97 Å². The molecule has 0 atom stereocenters. The zero-order chi connectivity index (χ0) is 15.0. The first-order valence-electron chi connectivity index (χ1n) is 6.49. The van der Waals surface area contributed by atoms with E-state index in [4.69, 9.17) is 0 Å². The molecule has 0 aromatic rings. The monoisotopic (exact) mass is 293 g/mol. The van der Waals surface area contributed by atoms with Crippen LogP contribution in [-0.4, -0.2) is 17.5 Å². The van der Waals surface area contributed by atoms with Gasteiger partial charge in [0, 0.05) is 18.2 Å². The molecule has 0 unspecified atom stereocenters. The molecule has 1 aliphatic carbocycles. The number of oxime groups is 1. The van der Waals surface area contributed by atoms with Crippen LogP contribution in [0, 0.1) is 0 Å². The van der Waals surface area contributed by atoms with Crippen LogP contribution in [0.3, 0.4) is 0 Å². The summed E-state index contributed by atoms with van der Waals surface area (Å²) in [6, 6.07) is 0. The molecule has 0 amide bonds. The first-order chi connectivity index (χ1) is 9.49. The van der Waals surface area contributed by atoms with Gasteiger partial charge in [0.25, 0.3) is 0 Å². The summed E-state index contributed by atoms with van der Waals surface area (Å²) in [7, 11) is 0. The van der Waals surface area contributed by atoms with Crippen molar-refractivity contribution in [1.82, 2.24) is 0 Å². The first-order valence-corrected chi connectivity index (χ1v) is 6.94. The fourth-order valence-electron chi connectivity index (χ4n) is 1.64. The number of thiol groups is 1. The number of allylic oxidation sites excluding steroid dienone is 5. The van der Waals surface area contributed by atoms with Crippen molar-refractivity contribution in [2.45, 2.75) is 39.5 Å². The largest absolute Gasteiger partial charge is 0.331 e. The van der Waals surface area contributed by atoms with Gasteiger partial charge in [0.15, 0.2) is 5.78 Å². The highest BCUT2D eigenvalue weighted by Gasteiger charge is 2.10. The number of carbonyl (C=O) groups is 2. The van der Waals surface area contributed by atoms with Gasteiger partial charge in [0.1, 0.15) is 0 Å². The third-order valence-electron chi connectivity index (χ3n) is 2.73. The summed E-state index contributed by atoms with van der Waals surface area (Å²) in [6.07, 6.45) is 9.99. The Morgan fingerprint density at radius 3 is 2.75 bits per heavy atom. The number of ketones is 1. The Labute approximate surface area is 124 Å². The minimum atomic E-state index is -0.461. The lowest BCUT2D eigenvalue weighted by molar-refractivity contribution is -0.140. The van der Waals surface area contributed by atoms with Crippen molar-refractivity contribution < 1.29 is 14.4 Å². The molecular formula is C15H19NO3S. The molecule has 0 spiro atoms. The first kappa shape index (κ1) is 16.4. The van der Waals surface area contributed by atoms with Crippen LogP contribution < -0.4 is 0 Å². The van der Waals surface area contributed by atoms with E-state index >= 15 is 0 Å². The molecule has 0 aromatic carbocycles. The maximum Gasteiger partial charge on any atom is 0.331 e. The van der Waals surface area contributed by atoms with Crippen LogP contribution in [-0.2, 0) is 14.4 Å². The summed E-state index contributed by atoms with van der Waals surface area (Å²) < 4.78 is 0. The van der Waals surface area contributed by atoms with Gasteiger partial charge in [-0.05, 0) is 37.8 Å². The predicted molar refractivity (Wildman–Crippen MR) is 82.6 cm³/mol. The van der Waals surface area contributed by atoms with Crippen molar-refractivity contribution in [3.63, 3.8) is 0 Å². The fourth-order valence-corrected chi connectivity index (χ4v) is 1.82. The molecule has 5 heteroatoms. The topological polar surface area (TPSA) is 55.7 Å². The van der Waals surface area contributed by atoms with Crippen LogP contribution in [0.2, 0.25) is 0 Å². The zero-order valence-electron chi connectivity index (χ0n) is 11.8. The Bertz CT molecular complexity index is 501. The molecule has 0 N–H and O–H groups in total. The molecule has 0 saturated carbocycles. The van der Waals surface area contributed by atoms with E-state index in [1.54, 1.807) is 6.92 Å². The van der Waals surface area contributed by atoms with Crippen molar-refractivity contribution >= 4 is 30.1 Å². The van der Waals surface area contributed by atoms with Crippen molar-refractivity contribution in [1.29, 1.82) is 0 Å². The SMILES string of the molecule is CC(=O)O/N=C(\C)CCC(=O)/C1=C/C=C(S)\C=C/CC1. The molecule has 0 bridgehead atoms. The molecule has 0 radical (unpaired) electrons. The van der Waals surface area contributed by atoms with E-state index in [1.165, 1.54) is 6.92 Å². The summed E-state index contributed by atoms with van der Waals surface area (Å²) >= 11 is 4.27. The molecule has 4 nitrogen and oxygen atoms in total. The fraction of sp³-hybridized carbons (Fsp3) is 0.400. The summed E-state index contributed by atoms with van der Waals surface area (Å²) in [5.74, 6) is -0.369. The third kappa shape index (κ3) is 6.52. The Hall–Kier alpha value is -1.62. The Morgan fingerprint density at radius 1 is 1.30 bits per heavy atom. The lowest BCUT2D eigenvalue weighted by Crippen LogP contribution is -2.06. The van der Waals surface area contributed by atoms with Crippen LogP contribution in [0.4, 0.5) is 0 Å². The van der Waals surface area contributed by atoms with E-state index in [-0.39, 0.29) is 5.78 Å². The molecule has 0 heterocycles. The van der Waals surface area contributed by atoms with Crippen molar-refractivity contribution in [3.05, 3.63) is 34.8 Å². The molecule has 108 valence electrons. The van der Waals surface area contributed by atoms with E-state index in [2.05, 4.69) is 22.6 Å². The maximum absolute atomic E-state index is 12.1. The molecule has 20 heavy (non-hydrogen) atoms. The van der Waals surface area contributed by atoms with Crippen molar-refractivity contribution in [2.24, 2.45) is 5.16 Å². The number of carbonyl (C=O) groups excluding carboxylic acids is 2. The minimum absolute atomic E-state index is 0.0926. The number of Topliss-reactive ketones (excluding diaryl/α,β-unsaturated/α-hetero) is 1. The smallest absolute Gasteiger partial charge is 0.319 e. The molecule has 0 aliphatic heterocycles. The number of nitrogens with zero attached hydrogens (tertiary/aromatic N) is 1. The standard InChI is InChI=1S/C15H19NO3S/c1-11(16-19-12(2)17)7-10-15(18)13-5-3-4-6-14(20)9-8-13/h4,6,8-9,20H,3,5,7,10H2,1-2H3/b6-4-,13-8+,14-9+,16-11+. The van der Waals surface area contributed by atoms with Gasteiger partial charge < -0.3 is 4.84 Å². The highest BCUT2D eigenvalue weighted by Crippen LogP contribution is 2.16. The molecular weight excluding hydrogens is 274 g/mol. The highest BCUT2D eigenvalue weighted by atomic mass is 32.1. The Kier molecular flexibility index (Phi) is 7.01. The summed E-state index contributed by atoms with van der Waals surface area (Å²) in [6.45, 7) is 3.02. The second-order valence-corrected chi connectivity index (χ2v) is 5.07. The molecule has 0 aromatic heterocycles. The lowest BCUT2D eigenvalue weighted by atomic mass is 9.99. The normalized spacial score (nSPS) is 22.6. The third-order valence-corrected chi connectivity index (χ3v) is 3.02. The molecule has 1 aliphatic rings. The van der Waals surface area contributed by atoms with Crippen LogP contribution in [0.1, 0.15) is 39.5 Å².